The van der Waals surface area contributed by atoms with E-state index in [0.717, 1.165) is 11.1 Å². The quantitative estimate of drug-likeness (QED) is 0.420. The van der Waals surface area contributed by atoms with Crippen molar-refractivity contribution in [2.24, 2.45) is 0 Å². The van der Waals surface area contributed by atoms with Gasteiger partial charge in [-0.3, -0.25) is 9.35 Å². The molecule has 0 atom stereocenters. The fourth-order valence-corrected chi connectivity index (χ4v) is 2.42. The molecule has 0 bridgehead atoms. The summed E-state index contributed by atoms with van der Waals surface area (Å²) in [7, 11) is -4.67. The number of hydrogen-bond donors (Lipinski definition) is 1. The third kappa shape index (κ3) is 8.20. The molecule has 0 spiro atoms. The molecule has 0 amide bonds. The van der Waals surface area contributed by atoms with Gasteiger partial charge in [-0.1, -0.05) is 36.4 Å². The second-order valence-corrected chi connectivity index (χ2v) is 6.18. The summed E-state index contributed by atoms with van der Waals surface area (Å²) in [6.07, 6.45) is 0.424. The van der Waals surface area contributed by atoms with Crippen LogP contribution in [0.3, 0.4) is 0 Å². The second-order valence-electron chi connectivity index (χ2n) is 5.16. The maximum absolute atomic E-state index is 11.0. The smallest absolute Gasteiger partial charge is 0.446 e. The minimum absolute atomic E-state index is 0. The van der Waals surface area contributed by atoms with Crippen LogP contribution >= 0.6 is 0 Å². The Labute approximate surface area is 174 Å². The third-order valence-electron chi connectivity index (χ3n) is 3.14. The van der Waals surface area contributed by atoms with Gasteiger partial charge >= 0.3 is 16.4 Å². The fraction of sp³-hybridized carbons (Fsp3) is 0.235. The number of hydrogen-bond acceptors (Lipinski definition) is 6. The molecule has 9 heteroatoms. The molecule has 0 saturated heterocycles. The maximum Gasteiger partial charge on any atom is 0.446 e. The first-order valence-electron chi connectivity index (χ1n) is 7.43. The van der Waals surface area contributed by atoms with E-state index in [1.165, 1.54) is 13.0 Å². The minimum Gasteiger partial charge on any atom is -0.485 e. The first-order chi connectivity index (χ1) is 11.8. The molecular formula is C17H18NaO7S. The summed E-state index contributed by atoms with van der Waals surface area (Å²) in [4.78, 5) is 10.8. The molecule has 0 aliphatic heterocycles. The molecule has 135 valence electrons. The zero-order chi connectivity index (χ0) is 18.3. The van der Waals surface area contributed by atoms with Gasteiger partial charge in [0.05, 0.1) is 6.61 Å². The van der Waals surface area contributed by atoms with E-state index >= 15 is 0 Å². The molecule has 0 aromatic heterocycles. The van der Waals surface area contributed by atoms with E-state index in [9.17, 15) is 13.2 Å². The van der Waals surface area contributed by atoms with E-state index in [1.54, 1.807) is 12.1 Å². The number of esters is 1. The van der Waals surface area contributed by atoms with Gasteiger partial charge in [0, 0.05) is 42.9 Å². The normalized spacial score (nSPS) is 10.5. The molecule has 0 saturated carbocycles. The summed E-state index contributed by atoms with van der Waals surface area (Å²) in [5, 5.41) is 0. The Kier molecular flexibility index (Phi) is 9.11. The van der Waals surface area contributed by atoms with E-state index in [1.807, 2.05) is 30.3 Å². The van der Waals surface area contributed by atoms with Gasteiger partial charge in [-0.25, -0.2) is 0 Å². The zero-order valence-electron chi connectivity index (χ0n) is 14.5. The first kappa shape index (κ1) is 22.5. The Hall–Kier alpha value is -1.58. The van der Waals surface area contributed by atoms with Gasteiger partial charge in [0.25, 0.3) is 0 Å². The standard InChI is InChI=1S/C17H18O7S.Na/c1-13(18)22-10-9-14-7-8-16(24-25(19,20)21)17(11-14)23-12-15-5-3-2-4-6-15;/h2-8,11H,9-10,12H2,1H3,(H,19,20,21);. The largest absolute Gasteiger partial charge is 0.485 e. The van der Waals surface area contributed by atoms with E-state index in [4.69, 9.17) is 14.0 Å². The van der Waals surface area contributed by atoms with Crippen LogP contribution in [0.5, 0.6) is 11.5 Å². The molecule has 1 N–H and O–H groups in total. The van der Waals surface area contributed by atoms with Crippen molar-refractivity contribution in [2.75, 3.05) is 6.61 Å². The van der Waals surface area contributed by atoms with Crippen molar-refractivity contribution in [3.63, 3.8) is 0 Å². The van der Waals surface area contributed by atoms with Crippen LogP contribution in [0.15, 0.2) is 48.5 Å². The molecular weight excluding hydrogens is 371 g/mol. The van der Waals surface area contributed by atoms with E-state index in [0.29, 0.717) is 6.42 Å². The predicted octanol–water partition coefficient (Wildman–Crippen LogP) is 2.17. The van der Waals surface area contributed by atoms with Crippen LogP contribution in [0.25, 0.3) is 0 Å². The number of carbonyl (C=O) groups excluding carboxylic acids is 1. The van der Waals surface area contributed by atoms with Crippen molar-refractivity contribution in [1.82, 2.24) is 0 Å². The minimum atomic E-state index is -4.67. The molecule has 0 aliphatic carbocycles. The van der Waals surface area contributed by atoms with Gasteiger partial charge in [0.2, 0.25) is 0 Å². The summed E-state index contributed by atoms with van der Waals surface area (Å²) < 4.78 is 45.9. The average molecular weight is 389 g/mol. The van der Waals surface area contributed by atoms with Crippen LogP contribution in [0, 0.1) is 0 Å². The van der Waals surface area contributed by atoms with E-state index in [-0.39, 0.29) is 60.2 Å². The fourth-order valence-electron chi connectivity index (χ4n) is 2.05. The van der Waals surface area contributed by atoms with Gasteiger partial charge < -0.3 is 13.7 Å². The summed E-state index contributed by atoms with van der Waals surface area (Å²) in [6, 6.07) is 13.8. The molecule has 2 aromatic carbocycles. The zero-order valence-corrected chi connectivity index (χ0v) is 17.4. The molecule has 0 heterocycles. The second kappa shape index (κ2) is 10.5. The van der Waals surface area contributed by atoms with Crippen molar-refractivity contribution in [3.05, 3.63) is 59.7 Å². The summed E-state index contributed by atoms with van der Waals surface area (Å²) in [5.41, 5.74) is 1.64. The van der Waals surface area contributed by atoms with Crippen molar-refractivity contribution < 1.29 is 31.4 Å². The molecule has 1 radical (unpaired) electrons. The van der Waals surface area contributed by atoms with Gasteiger partial charge in [0.15, 0.2) is 11.5 Å². The molecule has 7 nitrogen and oxygen atoms in total. The number of rotatable bonds is 8. The first-order valence-corrected chi connectivity index (χ1v) is 8.80. The molecule has 0 fully saturated rings. The van der Waals surface area contributed by atoms with Crippen LogP contribution in [0.2, 0.25) is 0 Å². The van der Waals surface area contributed by atoms with Crippen LogP contribution < -0.4 is 8.92 Å². The van der Waals surface area contributed by atoms with Crippen LogP contribution in [0.4, 0.5) is 0 Å². The van der Waals surface area contributed by atoms with E-state index in [2.05, 4.69) is 4.18 Å². The molecule has 2 rings (SSSR count). The molecule has 0 aliphatic rings. The Morgan fingerprint density at radius 3 is 2.35 bits per heavy atom. The van der Waals surface area contributed by atoms with Crippen molar-refractivity contribution in [3.8, 4) is 11.5 Å². The number of carbonyl (C=O) groups is 1. The summed E-state index contributed by atoms with van der Waals surface area (Å²) in [6.45, 7) is 1.69. The van der Waals surface area contributed by atoms with Crippen LogP contribution in [-0.2, 0) is 33.0 Å². The topological polar surface area (TPSA) is 99.1 Å². The molecule has 26 heavy (non-hydrogen) atoms. The van der Waals surface area contributed by atoms with Crippen LogP contribution in [0.1, 0.15) is 18.1 Å². The monoisotopic (exact) mass is 389 g/mol. The molecule has 0 unspecified atom stereocenters. The maximum atomic E-state index is 11.0. The Morgan fingerprint density at radius 1 is 1.04 bits per heavy atom. The van der Waals surface area contributed by atoms with Crippen LogP contribution in [-0.4, -0.2) is 55.1 Å². The number of ether oxygens (including phenoxy) is 2. The van der Waals surface area contributed by atoms with E-state index < -0.39 is 10.4 Å². The van der Waals surface area contributed by atoms with Gasteiger partial charge in [-0.15, -0.1) is 0 Å². The Balaban J connectivity index is 0.00000338. The summed E-state index contributed by atoms with van der Waals surface area (Å²) >= 11 is 0. The summed E-state index contributed by atoms with van der Waals surface area (Å²) in [5.74, 6) is -0.358. The predicted molar refractivity (Wildman–Crippen MR) is 95.5 cm³/mol. The van der Waals surface area contributed by atoms with Crippen molar-refractivity contribution >= 4 is 45.9 Å². The number of benzene rings is 2. The van der Waals surface area contributed by atoms with Crippen molar-refractivity contribution in [2.45, 2.75) is 20.0 Å². The third-order valence-corrected chi connectivity index (χ3v) is 3.53. The van der Waals surface area contributed by atoms with Crippen molar-refractivity contribution in [1.29, 1.82) is 0 Å². The Bertz CT molecular complexity index is 822. The van der Waals surface area contributed by atoms with Gasteiger partial charge in [-0.2, -0.15) is 8.42 Å². The van der Waals surface area contributed by atoms with Gasteiger partial charge in [0.1, 0.15) is 6.61 Å². The van der Waals surface area contributed by atoms with Gasteiger partial charge in [-0.05, 0) is 23.3 Å². The SMILES string of the molecule is CC(=O)OCCc1ccc(OS(=O)(=O)O)c(OCc2ccccc2)c1.[Na]. The average Bonchev–Trinajstić information content (AvgIpc) is 2.54. The Morgan fingerprint density at radius 2 is 1.73 bits per heavy atom. The molecule has 2 aromatic rings.